The number of carbonyl (C=O) groups is 1. The van der Waals surface area contributed by atoms with Crippen LogP contribution in [0, 0.1) is 0 Å². The highest BCUT2D eigenvalue weighted by Gasteiger charge is 1.96. The molecule has 0 fully saturated rings. The van der Waals surface area contributed by atoms with Gasteiger partial charge >= 0.3 is 0 Å². The van der Waals surface area contributed by atoms with Gasteiger partial charge in [0.2, 0.25) is 0 Å². The number of phenols is 2. The summed E-state index contributed by atoms with van der Waals surface area (Å²) < 4.78 is 0. The minimum absolute atomic E-state index is 0. The monoisotopic (exact) mass is 521 g/mol. The standard InChI is InChI=1S/C13H14OS.C7H6O2.C5H7NS.CH4O.ClH/c14-12-8-6-11(7-9-12)3-1-4-13-5-2-10-15-13;8-5-6-1-3-7(9)4-2-6;6-4-5-2-1-3-7-5;1-2;/h2,5-10,14H,1,3-4H2;1-5,9H;1-3H,4,6H2;2H,1H3;1H. The van der Waals surface area contributed by atoms with Crippen molar-refractivity contribution in [2.45, 2.75) is 25.8 Å². The van der Waals surface area contributed by atoms with E-state index in [4.69, 9.17) is 21.1 Å². The van der Waals surface area contributed by atoms with E-state index in [1.54, 1.807) is 35.6 Å². The summed E-state index contributed by atoms with van der Waals surface area (Å²) in [4.78, 5) is 12.7. The van der Waals surface area contributed by atoms with Gasteiger partial charge in [0, 0.05) is 29.0 Å². The Morgan fingerprint density at radius 3 is 1.68 bits per heavy atom. The van der Waals surface area contributed by atoms with Crippen LogP contribution in [0.2, 0.25) is 0 Å². The summed E-state index contributed by atoms with van der Waals surface area (Å²) in [6.07, 6.45) is 4.14. The Labute approximate surface area is 215 Å². The number of aliphatic hydroxyl groups excluding tert-OH is 1. The number of aryl methyl sites for hydroxylation is 2. The van der Waals surface area contributed by atoms with Crippen molar-refractivity contribution in [3.63, 3.8) is 0 Å². The Hall–Kier alpha value is -2.68. The zero-order valence-electron chi connectivity index (χ0n) is 19.0. The predicted molar refractivity (Wildman–Crippen MR) is 146 cm³/mol. The Bertz CT molecular complexity index is 975. The summed E-state index contributed by atoms with van der Waals surface area (Å²) in [6.45, 7) is 0.678. The molecule has 0 bridgehead atoms. The average Bonchev–Trinajstić information content (AvgIpc) is 3.58. The largest absolute Gasteiger partial charge is 0.508 e. The van der Waals surface area contributed by atoms with Crippen molar-refractivity contribution in [3.05, 3.63) is 104 Å². The average molecular weight is 522 g/mol. The van der Waals surface area contributed by atoms with Crippen molar-refractivity contribution in [1.82, 2.24) is 0 Å². The van der Waals surface area contributed by atoms with Crippen LogP contribution in [0.25, 0.3) is 0 Å². The van der Waals surface area contributed by atoms with Crippen LogP contribution in [-0.2, 0) is 19.4 Å². The van der Waals surface area contributed by atoms with Gasteiger partial charge in [0.1, 0.15) is 17.8 Å². The van der Waals surface area contributed by atoms with Crippen molar-refractivity contribution in [2.75, 3.05) is 7.11 Å². The molecule has 4 aromatic rings. The molecule has 0 aliphatic carbocycles. The number of benzene rings is 2. The lowest BCUT2D eigenvalue weighted by Gasteiger charge is -2.00. The Morgan fingerprint density at radius 2 is 1.26 bits per heavy atom. The van der Waals surface area contributed by atoms with E-state index in [0.717, 1.165) is 26.2 Å². The Balaban J connectivity index is 0.000000493. The quantitative estimate of drug-likeness (QED) is 0.230. The molecule has 0 saturated carbocycles. The summed E-state index contributed by atoms with van der Waals surface area (Å²) in [5.74, 6) is 0.526. The molecule has 2 heterocycles. The number of thiophene rings is 2. The number of aliphatic hydroxyl groups is 1. The van der Waals surface area contributed by atoms with Crippen molar-refractivity contribution in [3.8, 4) is 11.5 Å². The third-order valence-corrected chi connectivity index (χ3v) is 6.05. The number of aromatic hydroxyl groups is 2. The van der Waals surface area contributed by atoms with Gasteiger partial charge < -0.3 is 21.1 Å². The van der Waals surface area contributed by atoms with Gasteiger partial charge in [-0.3, -0.25) is 4.79 Å². The first-order valence-electron chi connectivity index (χ1n) is 10.3. The summed E-state index contributed by atoms with van der Waals surface area (Å²) in [6, 6.07) is 21.9. The number of halogens is 1. The molecule has 0 spiro atoms. The van der Waals surface area contributed by atoms with Gasteiger partial charge in [-0.25, -0.2) is 0 Å². The molecule has 5 nitrogen and oxygen atoms in total. The topological polar surface area (TPSA) is 104 Å². The van der Waals surface area contributed by atoms with E-state index in [0.29, 0.717) is 17.9 Å². The van der Waals surface area contributed by atoms with E-state index in [1.807, 2.05) is 41.0 Å². The first-order valence-corrected chi connectivity index (χ1v) is 12.1. The van der Waals surface area contributed by atoms with Crippen LogP contribution in [0.3, 0.4) is 0 Å². The number of rotatable bonds is 6. The second-order valence-corrected chi connectivity index (χ2v) is 8.66. The maximum Gasteiger partial charge on any atom is 0.150 e. The van der Waals surface area contributed by atoms with Gasteiger partial charge in [0.05, 0.1) is 0 Å². The third-order valence-electron chi connectivity index (χ3n) is 4.22. The lowest BCUT2D eigenvalue weighted by molar-refractivity contribution is 0.112. The molecule has 0 amide bonds. The number of hydrogen-bond donors (Lipinski definition) is 4. The van der Waals surface area contributed by atoms with Gasteiger partial charge in [0.25, 0.3) is 0 Å². The molecule has 4 rings (SSSR count). The van der Waals surface area contributed by atoms with Crippen molar-refractivity contribution in [1.29, 1.82) is 0 Å². The summed E-state index contributed by atoms with van der Waals surface area (Å²) in [7, 11) is 1.00. The van der Waals surface area contributed by atoms with Gasteiger partial charge in [-0.05, 0) is 84.1 Å². The fraction of sp³-hybridized carbons (Fsp3) is 0.192. The fourth-order valence-electron chi connectivity index (χ4n) is 2.57. The number of aldehydes is 1. The first-order chi connectivity index (χ1) is 16.1. The highest BCUT2D eigenvalue weighted by molar-refractivity contribution is 7.10. The van der Waals surface area contributed by atoms with Crippen LogP contribution in [0.5, 0.6) is 11.5 Å². The smallest absolute Gasteiger partial charge is 0.150 e. The summed E-state index contributed by atoms with van der Waals surface area (Å²) in [5.41, 5.74) is 7.18. The molecule has 5 N–H and O–H groups in total. The van der Waals surface area contributed by atoms with E-state index >= 15 is 0 Å². The van der Waals surface area contributed by atoms with Crippen LogP contribution in [0.4, 0.5) is 0 Å². The van der Waals surface area contributed by atoms with E-state index < -0.39 is 0 Å². The normalized spacial score (nSPS) is 9.03. The van der Waals surface area contributed by atoms with E-state index in [-0.39, 0.29) is 18.2 Å². The number of hydrogen-bond acceptors (Lipinski definition) is 7. The van der Waals surface area contributed by atoms with E-state index in [2.05, 4.69) is 17.5 Å². The van der Waals surface area contributed by atoms with Gasteiger partial charge in [-0.1, -0.05) is 24.3 Å². The summed E-state index contributed by atoms with van der Waals surface area (Å²) in [5, 5.41) is 29.0. The van der Waals surface area contributed by atoms with E-state index in [9.17, 15) is 4.79 Å². The molecule has 0 radical (unpaired) electrons. The highest BCUT2D eigenvalue weighted by atomic mass is 35.5. The van der Waals surface area contributed by atoms with Crippen molar-refractivity contribution < 1.29 is 20.1 Å². The minimum Gasteiger partial charge on any atom is -0.508 e. The minimum atomic E-state index is 0. The lowest BCUT2D eigenvalue weighted by Crippen LogP contribution is -1.90. The molecule has 2 aromatic heterocycles. The van der Waals surface area contributed by atoms with Crippen LogP contribution in [0.1, 0.15) is 32.1 Å². The second kappa shape index (κ2) is 19.8. The van der Waals surface area contributed by atoms with Crippen LogP contribution >= 0.6 is 35.1 Å². The zero-order chi connectivity index (χ0) is 24.3. The molecule has 184 valence electrons. The summed E-state index contributed by atoms with van der Waals surface area (Å²) >= 11 is 3.52. The molecular weight excluding hydrogens is 490 g/mol. The molecule has 0 aliphatic rings. The van der Waals surface area contributed by atoms with Gasteiger partial charge in [-0.2, -0.15) is 0 Å². The second-order valence-electron chi connectivity index (χ2n) is 6.59. The van der Waals surface area contributed by atoms with Crippen LogP contribution < -0.4 is 5.73 Å². The number of phenolic OH excluding ortho intramolecular Hbond substituents is 2. The molecule has 0 saturated heterocycles. The SMILES string of the molecule is CO.Cl.NCc1cccs1.O=Cc1ccc(O)cc1.Oc1ccc(CCCc2cccs2)cc1. The van der Waals surface area contributed by atoms with Crippen LogP contribution in [0.15, 0.2) is 83.6 Å². The molecule has 34 heavy (non-hydrogen) atoms. The maximum absolute atomic E-state index is 10.0. The number of nitrogens with two attached hydrogens (primary N) is 1. The molecule has 0 unspecified atom stereocenters. The molecule has 0 aliphatic heterocycles. The van der Waals surface area contributed by atoms with Crippen molar-refractivity contribution >= 4 is 41.4 Å². The first kappa shape index (κ1) is 31.3. The number of carbonyl (C=O) groups excluding carboxylic acids is 1. The molecule has 2 aromatic carbocycles. The lowest BCUT2D eigenvalue weighted by atomic mass is 10.1. The third kappa shape index (κ3) is 13.8. The fourth-order valence-corrected chi connectivity index (χ4v) is 3.90. The predicted octanol–water partition coefficient (Wildman–Crippen LogP) is 6.07. The van der Waals surface area contributed by atoms with E-state index in [1.165, 1.54) is 33.9 Å². The molecular formula is C26H32ClNO4S2. The Morgan fingerprint density at radius 1 is 0.765 bits per heavy atom. The maximum atomic E-state index is 10.0. The Kier molecular flexibility index (Phi) is 18.2. The van der Waals surface area contributed by atoms with Gasteiger partial charge in [0.15, 0.2) is 0 Å². The van der Waals surface area contributed by atoms with Crippen molar-refractivity contribution in [2.24, 2.45) is 5.73 Å². The molecule has 0 atom stereocenters. The molecule has 8 heteroatoms. The van der Waals surface area contributed by atoms with Gasteiger partial charge in [-0.15, -0.1) is 35.1 Å². The van der Waals surface area contributed by atoms with Crippen LogP contribution in [-0.4, -0.2) is 28.7 Å². The highest BCUT2D eigenvalue weighted by Crippen LogP contribution is 2.15. The zero-order valence-corrected chi connectivity index (χ0v) is 21.5.